The maximum atomic E-state index is 13.3. The van der Waals surface area contributed by atoms with Crippen molar-refractivity contribution in [3.63, 3.8) is 0 Å². The van der Waals surface area contributed by atoms with Gasteiger partial charge in [0.25, 0.3) is 5.91 Å². The molecule has 2 saturated heterocycles. The summed E-state index contributed by atoms with van der Waals surface area (Å²) < 4.78 is 10.7. The average molecular weight is 527 g/mol. The molecule has 2 aliphatic heterocycles. The van der Waals surface area contributed by atoms with Gasteiger partial charge in [-0.15, -0.1) is 0 Å². The number of hydrogen-bond donors (Lipinski definition) is 0. The van der Waals surface area contributed by atoms with E-state index in [0.29, 0.717) is 44.2 Å². The molecule has 1 aromatic carbocycles. The van der Waals surface area contributed by atoms with Gasteiger partial charge in [-0.25, -0.2) is 9.97 Å². The van der Waals surface area contributed by atoms with E-state index in [1.807, 2.05) is 24.3 Å². The Hall–Kier alpha value is -2.65. The lowest BCUT2D eigenvalue weighted by Crippen LogP contribution is -2.42. The van der Waals surface area contributed by atoms with Gasteiger partial charge in [0.15, 0.2) is 5.16 Å². The van der Waals surface area contributed by atoms with Crippen molar-refractivity contribution in [3.05, 3.63) is 47.2 Å². The molecule has 1 unspecified atom stereocenters. The quantitative estimate of drug-likeness (QED) is 0.300. The van der Waals surface area contributed by atoms with Crippen LogP contribution >= 0.6 is 11.8 Å². The monoisotopic (exact) mass is 526 g/mol. The van der Waals surface area contributed by atoms with Gasteiger partial charge in [-0.3, -0.25) is 9.59 Å². The number of carbonyl (C=O) groups excluding carboxylic acids is 2. The standard InChI is InChI=1S/C28H38N4O4S/c1-5-36-26(34)22-10-7-11-32(18-22)25(33)21-9-6-8-20(16-21)19-37-27-29-23(28(2,3)4)17-24(30-27)31-12-14-35-15-13-31/h6,8-9,16-17,22H,5,7,10-15,18-19H2,1-4H3. The third kappa shape index (κ3) is 7.23. The Bertz CT molecular complexity index is 1100. The number of carbonyl (C=O) groups is 2. The SMILES string of the molecule is CCOC(=O)C1CCCN(C(=O)c2cccc(CSc3nc(N4CCOCC4)cc(C(C)(C)C)n3)c2)C1. The van der Waals surface area contributed by atoms with Crippen molar-refractivity contribution in [2.75, 3.05) is 50.9 Å². The maximum absolute atomic E-state index is 13.3. The van der Waals surface area contributed by atoms with Crippen molar-refractivity contribution in [1.82, 2.24) is 14.9 Å². The number of anilines is 1. The molecule has 0 spiro atoms. The minimum atomic E-state index is -0.246. The molecular weight excluding hydrogens is 488 g/mol. The lowest BCUT2D eigenvalue weighted by atomic mass is 9.92. The molecule has 0 saturated carbocycles. The largest absolute Gasteiger partial charge is 0.466 e. The molecule has 4 rings (SSSR count). The number of esters is 1. The highest BCUT2D eigenvalue weighted by Crippen LogP contribution is 2.29. The van der Waals surface area contributed by atoms with E-state index >= 15 is 0 Å². The number of likely N-dealkylation sites (tertiary alicyclic amines) is 1. The number of aromatic nitrogens is 2. The highest BCUT2D eigenvalue weighted by atomic mass is 32.2. The minimum absolute atomic E-state index is 0.0403. The van der Waals surface area contributed by atoms with Crippen molar-refractivity contribution in [1.29, 1.82) is 0 Å². The Morgan fingerprint density at radius 3 is 2.65 bits per heavy atom. The number of rotatable bonds is 7. The van der Waals surface area contributed by atoms with E-state index in [0.717, 1.165) is 48.2 Å². The molecule has 2 aromatic rings. The van der Waals surface area contributed by atoms with Crippen molar-refractivity contribution in [2.45, 2.75) is 56.9 Å². The summed E-state index contributed by atoms with van der Waals surface area (Å²) in [4.78, 5) is 39.2. The van der Waals surface area contributed by atoms with Crippen LogP contribution in [0.4, 0.5) is 5.82 Å². The van der Waals surface area contributed by atoms with Crippen LogP contribution in [0.15, 0.2) is 35.5 Å². The molecule has 8 nitrogen and oxygen atoms in total. The number of piperidine rings is 1. The van der Waals surface area contributed by atoms with Gasteiger partial charge >= 0.3 is 5.97 Å². The summed E-state index contributed by atoms with van der Waals surface area (Å²) in [5.41, 5.74) is 2.59. The summed E-state index contributed by atoms with van der Waals surface area (Å²) in [6, 6.07) is 9.83. The summed E-state index contributed by atoms with van der Waals surface area (Å²) in [6.07, 6.45) is 1.57. The van der Waals surface area contributed by atoms with Crippen molar-refractivity contribution < 1.29 is 19.1 Å². The first-order valence-electron chi connectivity index (χ1n) is 13.1. The lowest BCUT2D eigenvalue weighted by molar-refractivity contribution is -0.149. The van der Waals surface area contributed by atoms with Gasteiger partial charge in [-0.05, 0) is 37.5 Å². The molecule has 2 fully saturated rings. The number of benzene rings is 1. The smallest absolute Gasteiger partial charge is 0.310 e. The average Bonchev–Trinajstić information content (AvgIpc) is 2.91. The van der Waals surface area contributed by atoms with E-state index in [2.05, 4.69) is 31.7 Å². The number of amides is 1. The number of ether oxygens (including phenoxy) is 2. The molecule has 2 aliphatic rings. The zero-order valence-electron chi connectivity index (χ0n) is 22.4. The maximum Gasteiger partial charge on any atom is 0.310 e. The molecule has 0 aliphatic carbocycles. The molecule has 1 amide bonds. The van der Waals surface area contributed by atoms with Gasteiger partial charge in [0.1, 0.15) is 5.82 Å². The van der Waals surface area contributed by atoms with Crippen molar-refractivity contribution >= 4 is 29.5 Å². The zero-order chi connectivity index (χ0) is 26.4. The van der Waals surface area contributed by atoms with E-state index in [9.17, 15) is 9.59 Å². The Balaban J connectivity index is 1.46. The van der Waals surface area contributed by atoms with Gasteiger partial charge in [0.2, 0.25) is 0 Å². The van der Waals surface area contributed by atoms with Gasteiger partial charge in [0.05, 0.1) is 31.4 Å². The van der Waals surface area contributed by atoms with Crippen LogP contribution in [0.25, 0.3) is 0 Å². The summed E-state index contributed by atoms with van der Waals surface area (Å²) in [7, 11) is 0. The fourth-order valence-electron chi connectivity index (χ4n) is 4.55. The second-order valence-corrected chi connectivity index (χ2v) is 11.5. The summed E-state index contributed by atoms with van der Waals surface area (Å²) in [5.74, 6) is 1.10. The normalized spacial score (nSPS) is 18.5. The van der Waals surface area contributed by atoms with Crippen molar-refractivity contribution in [2.24, 2.45) is 5.92 Å². The molecule has 1 aromatic heterocycles. The second-order valence-electron chi connectivity index (χ2n) is 10.6. The zero-order valence-corrected chi connectivity index (χ0v) is 23.2. The van der Waals surface area contributed by atoms with E-state index in [1.54, 1.807) is 23.6 Å². The van der Waals surface area contributed by atoms with Gasteiger partial charge in [-0.2, -0.15) is 0 Å². The lowest BCUT2D eigenvalue weighted by Gasteiger charge is -2.31. The predicted molar refractivity (Wildman–Crippen MR) is 145 cm³/mol. The number of thioether (sulfide) groups is 1. The van der Waals surface area contributed by atoms with E-state index in [4.69, 9.17) is 19.4 Å². The van der Waals surface area contributed by atoms with E-state index in [-0.39, 0.29) is 23.2 Å². The van der Waals surface area contributed by atoms with Crippen LogP contribution in [0, 0.1) is 5.92 Å². The van der Waals surface area contributed by atoms with Crippen LogP contribution in [-0.4, -0.2) is 72.7 Å². The molecule has 0 bridgehead atoms. The van der Waals surface area contributed by atoms with Crippen molar-refractivity contribution in [3.8, 4) is 0 Å². The highest BCUT2D eigenvalue weighted by Gasteiger charge is 2.30. The van der Waals surface area contributed by atoms with E-state index < -0.39 is 0 Å². The first-order chi connectivity index (χ1) is 17.7. The molecule has 0 radical (unpaired) electrons. The van der Waals surface area contributed by atoms with Crippen LogP contribution < -0.4 is 4.90 Å². The van der Waals surface area contributed by atoms with Crippen LogP contribution in [0.3, 0.4) is 0 Å². The van der Waals surface area contributed by atoms with Crippen LogP contribution in [0.1, 0.15) is 62.2 Å². The second kappa shape index (κ2) is 12.3. The predicted octanol–water partition coefficient (Wildman–Crippen LogP) is 4.32. The minimum Gasteiger partial charge on any atom is -0.466 e. The third-order valence-electron chi connectivity index (χ3n) is 6.67. The van der Waals surface area contributed by atoms with Gasteiger partial charge in [0, 0.05) is 49.0 Å². The molecule has 200 valence electrons. The Kier molecular flexibility index (Phi) is 9.08. The fraction of sp³-hybridized carbons (Fsp3) is 0.571. The Morgan fingerprint density at radius 1 is 1.14 bits per heavy atom. The highest BCUT2D eigenvalue weighted by molar-refractivity contribution is 7.98. The number of hydrogen-bond acceptors (Lipinski definition) is 8. The van der Waals surface area contributed by atoms with Crippen LogP contribution in [0.5, 0.6) is 0 Å². The number of nitrogens with zero attached hydrogens (tertiary/aromatic N) is 4. The van der Waals surface area contributed by atoms with Crippen LogP contribution in [-0.2, 0) is 25.4 Å². The molecular formula is C28H38N4O4S. The first-order valence-corrected chi connectivity index (χ1v) is 14.1. The summed E-state index contributed by atoms with van der Waals surface area (Å²) >= 11 is 1.58. The third-order valence-corrected chi connectivity index (χ3v) is 7.58. The van der Waals surface area contributed by atoms with Gasteiger partial charge in [-0.1, -0.05) is 44.7 Å². The first kappa shape index (κ1) is 27.4. The molecule has 1 atom stereocenters. The fourth-order valence-corrected chi connectivity index (χ4v) is 5.35. The molecule has 37 heavy (non-hydrogen) atoms. The molecule has 3 heterocycles. The summed E-state index contributed by atoms with van der Waals surface area (Å²) in [6.45, 7) is 12.8. The molecule has 9 heteroatoms. The molecule has 0 N–H and O–H groups in total. The Labute approximate surface area is 224 Å². The summed E-state index contributed by atoms with van der Waals surface area (Å²) in [5, 5.41) is 0.735. The Morgan fingerprint density at radius 2 is 1.92 bits per heavy atom. The van der Waals surface area contributed by atoms with Crippen LogP contribution in [0.2, 0.25) is 0 Å². The topological polar surface area (TPSA) is 84.9 Å². The van der Waals surface area contributed by atoms with Gasteiger partial charge < -0.3 is 19.3 Å². The number of morpholine rings is 1. The van der Waals surface area contributed by atoms with E-state index in [1.165, 1.54) is 0 Å².